The number of amides is 1. The second-order valence-corrected chi connectivity index (χ2v) is 9.96. The van der Waals surface area contributed by atoms with Gasteiger partial charge in [0.25, 0.3) is 6.43 Å². The van der Waals surface area contributed by atoms with Crippen molar-refractivity contribution in [3.05, 3.63) is 35.1 Å². The van der Waals surface area contributed by atoms with E-state index in [0.717, 1.165) is 38.8 Å². The van der Waals surface area contributed by atoms with Crippen LogP contribution < -0.4 is 27.0 Å². The molecule has 3 aliphatic rings. The third kappa shape index (κ3) is 6.72. The Labute approximate surface area is 213 Å². The highest BCUT2D eigenvalue weighted by atomic mass is 19.3. The number of nitrogens with zero attached hydrogens (tertiary/aromatic N) is 1. The Morgan fingerprint density at radius 2 is 2.14 bits per heavy atom. The maximum absolute atomic E-state index is 14.2. The molecule has 8 nitrogen and oxygen atoms in total. The van der Waals surface area contributed by atoms with Crippen molar-refractivity contribution in [2.75, 3.05) is 39.8 Å². The van der Waals surface area contributed by atoms with Gasteiger partial charge < -0.3 is 31.9 Å². The molecule has 0 spiro atoms. The van der Waals surface area contributed by atoms with Gasteiger partial charge in [0.1, 0.15) is 5.84 Å². The van der Waals surface area contributed by atoms with Crippen molar-refractivity contribution in [2.24, 2.45) is 17.6 Å². The molecule has 10 heteroatoms. The van der Waals surface area contributed by atoms with Crippen LogP contribution in [0, 0.1) is 17.2 Å². The molecule has 202 valence electrons. The predicted molar refractivity (Wildman–Crippen MR) is 140 cm³/mol. The molecule has 0 saturated carbocycles. The normalized spacial score (nSPS) is 26.1. The molecule has 0 radical (unpaired) electrons. The second kappa shape index (κ2) is 13.3. The molecule has 2 fully saturated rings. The number of likely N-dealkylation sites (tertiary alicyclic amines) is 1. The van der Waals surface area contributed by atoms with E-state index < -0.39 is 6.43 Å². The zero-order valence-electron chi connectivity index (χ0n) is 21.7. The second-order valence-electron chi connectivity index (χ2n) is 9.96. The van der Waals surface area contributed by atoms with Crippen molar-refractivity contribution in [3.8, 4) is 0 Å². The first-order valence-electron chi connectivity index (χ1n) is 13.2. The molecule has 5 atom stereocenters. The van der Waals surface area contributed by atoms with Crippen LogP contribution in [0.5, 0.6) is 0 Å². The Morgan fingerprint density at radius 1 is 1.36 bits per heavy atom. The standard InChI is InChI=1S/C26H43F2N7O/c1-4-23(34-19-7-8-32-14-19)22(15-33-16(2)36)26(30)35-9-5-6-17-10-20(18(12-29)13-31-3)21(25(27)28)11-24(17)35/h10-11,13,17,19,22-25,30-32,34H,4-9,12,14-15,29H2,1-3H3,(H,33,36)/b18-13+,30-26?. The van der Waals surface area contributed by atoms with Crippen molar-refractivity contribution in [2.45, 2.75) is 64.1 Å². The number of piperidine rings is 1. The summed E-state index contributed by atoms with van der Waals surface area (Å²) in [6.07, 6.45) is 6.17. The van der Waals surface area contributed by atoms with Gasteiger partial charge in [-0.2, -0.15) is 0 Å². The van der Waals surface area contributed by atoms with Gasteiger partial charge in [-0.05, 0) is 43.4 Å². The number of halogens is 2. The number of carbonyl (C=O) groups excluding carboxylic acids is 1. The highest BCUT2D eigenvalue weighted by Crippen LogP contribution is 2.38. The molecular formula is C26H43F2N7O. The zero-order chi connectivity index (χ0) is 26.2. The Balaban J connectivity index is 1.90. The first kappa shape index (κ1) is 28.3. The van der Waals surface area contributed by atoms with E-state index in [9.17, 15) is 19.0 Å². The molecule has 2 aliphatic heterocycles. The van der Waals surface area contributed by atoms with Gasteiger partial charge in [0.2, 0.25) is 5.91 Å². The van der Waals surface area contributed by atoms with Gasteiger partial charge in [-0.1, -0.05) is 19.1 Å². The smallest absolute Gasteiger partial charge is 0.264 e. The average molecular weight is 508 g/mol. The molecule has 0 aromatic rings. The molecule has 2 heterocycles. The average Bonchev–Trinajstić information content (AvgIpc) is 3.38. The lowest BCUT2D eigenvalue weighted by atomic mass is 9.78. The fourth-order valence-electron chi connectivity index (χ4n) is 5.73. The molecule has 1 aliphatic carbocycles. The number of carbonyl (C=O) groups is 1. The van der Waals surface area contributed by atoms with Crippen LogP contribution in [0.2, 0.25) is 0 Å². The van der Waals surface area contributed by atoms with E-state index in [2.05, 4.69) is 28.2 Å². The maximum Gasteiger partial charge on any atom is 0.264 e. The van der Waals surface area contributed by atoms with E-state index in [1.807, 2.05) is 11.0 Å². The summed E-state index contributed by atoms with van der Waals surface area (Å²) < 4.78 is 28.5. The number of nitrogens with one attached hydrogen (secondary N) is 5. The van der Waals surface area contributed by atoms with Crippen molar-refractivity contribution < 1.29 is 13.6 Å². The third-order valence-electron chi connectivity index (χ3n) is 7.56. The number of fused-ring (bicyclic) bond motifs is 1. The van der Waals surface area contributed by atoms with Crippen molar-refractivity contribution in [1.29, 1.82) is 5.41 Å². The molecule has 7 N–H and O–H groups in total. The van der Waals surface area contributed by atoms with Gasteiger partial charge in [-0.15, -0.1) is 0 Å². The van der Waals surface area contributed by atoms with Gasteiger partial charge >= 0.3 is 0 Å². The predicted octanol–water partition coefficient (Wildman–Crippen LogP) is 1.72. The topological polar surface area (TPSA) is 118 Å². The summed E-state index contributed by atoms with van der Waals surface area (Å²) in [7, 11) is 1.73. The zero-order valence-corrected chi connectivity index (χ0v) is 21.7. The number of nitrogens with two attached hydrogens (primary N) is 1. The fraction of sp³-hybridized carbons (Fsp3) is 0.692. The molecule has 1 amide bonds. The minimum atomic E-state index is -2.64. The Bertz CT molecular complexity index is 866. The van der Waals surface area contributed by atoms with Crippen LogP contribution >= 0.6 is 0 Å². The first-order chi connectivity index (χ1) is 17.3. The van der Waals surface area contributed by atoms with Gasteiger partial charge in [0.05, 0.1) is 6.04 Å². The van der Waals surface area contributed by atoms with Crippen molar-refractivity contribution in [3.63, 3.8) is 0 Å². The number of rotatable bonds is 11. The third-order valence-corrected chi connectivity index (χ3v) is 7.56. The number of hydrogen-bond acceptors (Lipinski definition) is 6. The van der Waals surface area contributed by atoms with E-state index in [0.29, 0.717) is 36.1 Å². The van der Waals surface area contributed by atoms with Crippen LogP contribution in [0.3, 0.4) is 0 Å². The van der Waals surface area contributed by atoms with Crippen LogP contribution in [0.1, 0.15) is 39.5 Å². The minimum Gasteiger partial charge on any atom is -0.394 e. The SMILES string of the molecule is CCC(NC1CCNC1)C(CNC(C)=O)C(=N)N1CCCC2C=C(/C(=C/NC)CN)C(C(F)F)=CC21. The largest absolute Gasteiger partial charge is 0.394 e. The fourth-order valence-corrected chi connectivity index (χ4v) is 5.73. The lowest BCUT2D eigenvalue weighted by molar-refractivity contribution is -0.119. The number of hydrogen-bond donors (Lipinski definition) is 6. The molecule has 3 rings (SSSR count). The lowest BCUT2D eigenvalue weighted by Gasteiger charge is -2.46. The molecule has 0 aromatic carbocycles. The number of alkyl halides is 2. The quantitative estimate of drug-likeness (QED) is 0.187. The van der Waals surface area contributed by atoms with E-state index in [4.69, 9.17) is 5.73 Å². The summed E-state index contributed by atoms with van der Waals surface area (Å²) in [5, 5.41) is 22.2. The summed E-state index contributed by atoms with van der Waals surface area (Å²) in [5.74, 6) is 0.000426. The van der Waals surface area contributed by atoms with Crippen LogP contribution in [-0.4, -0.2) is 81.0 Å². The van der Waals surface area contributed by atoms with E-state index in [1.54, 1.807) is 19.3 Å². The molecule has 2 saturated heterocycles. The Kier molecular flexibility index (Phi) is 10.4. The van der Waals surface area contributed by atoms with Crippen LogP contribution in [0.4, 0.5) is 8.78 Å². The monoisotopic (exact) mass is 507 g/mol. The van der Waals surface area contributed by atoms with Crippen LogP contribution in [0.25, 0.3) is 0 Å². The van der Waals surface area contributed by atoms with E-state index in [-0.39, 0.29) is 41.9 Å². The Morgan fingerprint density at radius 3 is 2.72 bits per heavy atom. The summed E-state index contributed by atoms with van der Waals surface area (Å²) in [5.41, 5.74) is 7.03. The van der Waals surface area contributed by atoms with Gasteiger partial charge in [-0.25, -0.2) is 8.78 Å². The van der Waals surface area contributed by atoms with E-state index >= 15 is 0 Å². The highest BCUT2D eigenvalue weighted by molar-refractivity contribution is 5.84. The highest BCUT2D eigenvalue weighted by Gasteiger charge is 2.39. The summed E-state index contributed by atoms with van der Waals surface area (Å²) in [6, 6.07) is -0.0146. The molecule has 0 aromatic heterocycles. The van der Waals surface area contributed by atoms with Gasteiger partial charge in [0, 0.05) is 75.8 Å². The van der Waals surface area contributed by atoms with Gasteiger partial charge in [-0.3, -0.25) is 10.2 Å². The summed E-state index contributed by atoms with van der Waals surface area (Å²) in [4.78, 5) is 13.8. The molecule has 5 unspecified atom stereocenters. The van der Waals surface area contributed by atoms with Gasteiger partial charge in [0.15, 0.2) is 0 Å². The summed E-state index contributed by atoms with van der Waals surface area (Å²) >= 11 is 0. The van der Waals surface area contributed by atoms with Crippen LogP contribution in [-0.2, 0) is 4.79 Å². The Hall–Kier alpha value is -2.30. The molecule has 36 heavy (non-hydrogen) atoms. The van der Waals surface area contributed by atoms with E-state index in [1.165, 1.54) is 6.92 Å². The molecular weight excluding hydrogens is 464 g/mol. The minimum absolute atomic E-state index is 0.00901. The van der Waals surface area contributed by atoms with Crippen molar-refractivity contribution in [1.82, 2.24) is 26.2 Å². The first-order valence-corrected chi connectivity index (χ1v) is 13.2. The summed E-state index contributed by atoms with van der Waals surface area (Å²) in [6.45, 7) is 6.52. The lowest BCUT2D eigenvalue weighted by Crippen LogP contribution is -2.57. The number of amidine groups is 1. The maximum atomic E-state index is 14.2. The number of allylic oxidation sites excluding steroid dienone is 1. The van der Waals surface area contributed by atoms with Crippen molar-refractivity contribution >= 4 is 11.7 Å². The van der Waals surface area contributed by atoms with Crippen LogP contribution in [0.15, 0.2) is 35.1 Å². The molecule has 0 bridgehead atoms.